The number of carbonyl (C=O) groups is 2. The Bertz CT molecular complexity index is 1140. The van der Waals surface area contributed by atoms with Crippen LogP contribution in [0.25, 0.3) is 0 Å². The SMILES string of the molecule is Cc1ccc(NC(=O)[C@H](Cc2ccccc2)NC(=O)c2ccco2)cc1S(N)(=O)=O. The molecule has 0 radical (unpaired) electrons. The first-order valence-corrected chi connectivity index (χ1v) is 10.6. The lowest BCUT2D eigenvalue weighted by atomic mass is 10.0. The second-order valence-electron chi connectivity index (χ2n) is 6.71. The minimum Gasteiger partial charge on any atom is -0.459 e. The van der Waals surface area contributed by atoms with Crippen molar-refractivity contribution in [3.63, 3.8) is 0 Å². The molecule has 0 spiro atoms. The number of hydrogen-bond acceptors (Lipinski definition) is 5. The summed E-state index contributed by atoms with van der Waals surface area (Å²) in [7, 11) is -3.94. The summed E-state index contributed by atoms with van der Waals surface area (Å²) in [5.74, 6) is -0.971. The van der Waals surface area contributed by atoms with E-state index in [9.17, 15) is 18.0 Å². The zero-order valence-electron chi connectivity index (χ0n) is 16.2. The number of sulfonamides is 1. The van der Waals surface area contributed by atoms with Crippen LogP contribution < -0.4 is 15.8 Å². The van der Waals surface area contributed by atoms with Crippen LogP contribution in [0.5, 0.6) is 0 Å². The van der Waals surface area contributed by atoms with Gasteiger partial charge >= 0.3 is 0 Å². The van der Waals surface area contributed by atoms with E-state index < -0.39 is 27.9 Å². The standard InChI is InChI=1S/C21H21N3O5S/c1-14-9-10-16(13-19(14)30(22,27)28)23-20(25)17(12-15-6-3-2-4-7-15)24-21(26)18-8-5-11-29-18/h2-11,13,17H,12H2,1H3,(H,23,25)(H,24,26)(H2,22,27,28)/t17-/m0/s1. The van der Waals surface area contributed by atoms with Gasteiger partial charge in [0.05, 0.1) is 11.2 Å². The van der Waals surface area contributed by atoms with E-state index in [1.807, 2.05) is 30.3 Å². The van der Waals surface area contributed by atoms with Crippen molar-refractivity contribution in [1.29, 1.82) is 0 Å². The highest BCUT2D eigenvalue weighted by Crippen LogP contribution is 2.19. The molecule has 0 saturated heterocycles. The summed E-state index contributed by atoms with van der Waals surface area (Å²) in [4.78, 5) is 25.3. The quantitative estimate of drug-likeness (QED) is 0.532. The molecule has 156 valence electrons. The number of rotatable bonds is 7. The molecule has 1 heterocycles. The van der Waals surface area contributed by atoms with Gasteiger partial charge in [0, 0.05) is 12.1 Å². The lowest BCUT2D eigenvalue weighted by Crippen LogP contribution is -2.45. The molecule has 30 heavy (non-hydrogen) atoms. The molecule has 0 unspecified atom stereocenters. The normalized spacial score (nSPS) is 12.2. The Balaban J connectivity index is 1.83. The van der Waals surface area contributed by atoms with Gasteiger partial charge in [0.2, 0.25) is 15.9 Å². The number of anilines is 1. The van der Waals surface area contributed by atoms with Crippen LogP contribution >= 0.6 is 0 Å². The molecular weight excluding hydrogens is 406 g/mol. The second-order valence-corrected chi connectivity index (χ2v) is 8.24. The second kappa shape index (κ2) is 8.93. The number of carbonyl (C=O) groups excluding carboxylic acids is 2. The number of primary sulfonamides is 1. The van der Waals surface area contributed by atoms with Gasteiger partial charge in [-0.3, -0.25) is 9.59 Å². The van der Waals surface area contributed by atoms with Crippen LogP contribution in [0.1, 0.15) is 21.7 Å². The fourth-order valence-electron chi connectivity index (χ4n) is 2.91. The van der Waals surface area contributed by atoms with Gasteiger partial charge in [0.15, 0.2) is 5.76 Å². The first-order chi connectivity index (χ1) is 14.2. The van der Waals surface area contributed by atoms with Crippen LogP contribution in [0.3, 0.4) is 0 Å². The number of aryl methyl sites for hydroxylation is 1. The fourth-order valence-corrected chi connectivity index (χ4v) is 3.72. The Labute approximate surface area is 174 Å². The number of hydrogen-bond donors (Lipinski definition) is 3. The van der Waals surface area contributed by atoms with E-state index in [1.165, 1.54) is 18.4 Å². The van der Waals surface area contributed by atoms with Gasteiger partial charge in [-0.15, -0.1) is 0 Å². The van der Waals surface area contributed by atoms with Crippen molar-refractivity contribution in [2.24, 2.45) is 5.14 Å². The predicted molar refractivity (Wildman–Crippen MR) is 111 cm³/mol. The smallest absolute Gasteiger partial charge is 0.287 e. The largest absolute Gasteiger partial charge is 0.459 e. The molecule has 3 aromatic rings. The van der Waals surface area contributed by atoms with E-state index in [-0.39, 0.29) is 22.8 Å². The van der Waals surface area contributed by atoms with Gasteiger partial charge in [0.1, 0.15) is 6.04 Å². The Morgan fingerprint density at radius 2 is 1.80 bits per heavy atom. The third kappa shape index (κ3) is 5.34. The third-order valence-electron chi connectivity index (χ3n) is 4.41. The van der Waals surface area contributed by atoms with Crippen molar-refractivity contribution in [2.75, 3.05) is 5.32 Å². The summed E-state index contributed by atoms with van der Waals surface area (Å²) in [6.07, 6.45) is 1.59. The highest BCUT2D eigenvalue weighted by molar-refractivity contribution is 7.89. The number of nitrogens with one attached hydrogen (secondary N) is 2. The van der Waals surface area contributed by atoms with Crippen molar-refractivity contribution in [2.45, 2.75) is 24.3 Å². The topological polar surface area (TPSA) is 132 Å². The van der Waals surface area contributed by atoms with E-state index in [0.29, 0.717) is 5.56 Å². The lowest BCUT2D eigenvalue weighted by molar-refractivity contribution is -0.118. The molecule has 0 bridgehead atoms. The van der Waals surface area contributed by atoms with Crippen LogP contribution in [0.2, 0.25) is 0 Å². The average Bonchev–Trinajstić information content (AvgIpc) is 3.24. The Hall–Kier alpha value is -3.43. The molecule has 8 nitrogen and oxygen atoms in total. The van der Waals surface area contributed by atoms with Crippen LogP contribution in [0, 0.1) is 6.92 Å². The Kier molecular flexibility index (Phi) is 6.34. The minimum absolute atomic E-state index is 0.0766. The summed E-state index contributed by atoms with van der Waals surface area (Å²) < 4.78 is 28.6. The van der Waals surface area contributed by atoms with Crippen LogP contribution in [-0.4, -0.2) is 26.3 Å². The number of furan rings is 1. The van der Waals surface area contributed by atoms with Gasteiger partial charge in [-0.05, 0) is 42.3 Å². The van der Waals surface area contributed by atoms with E-state index in [0.717, 1.165) is 5.56 Å². The zero-order chi connectivity index (χ0) is 21.7. The fraction of sp³-hybridized carbons (Fsp3) is 0.143. The predicted octanol–water partition coefficient (Wildman–Crippen LogP) is 2.22. The highest BCUT2D eigenvalue weighted by atomic mass is 32.2. The Morgan fingerprint density at radius 1 is 1.07 bits per heavy atom. The highest BCUT2D eigenvalue weighted by Gasteiger charge is 2.24. The molecule has 0 aliphatic carbocycles. The summed E-state index contributed by atoms with van der Waals surface area (Å²) in [6, 6.07) is 15.7. The van der Waals surface area contributed by atoms with Gasteiger partial charge in [-0.2, -0.15) is 0 Å². The number of amides is 2. The number of benzene rings is 2. The Morgan fingerprint density at radius 3 is 2.43 bits per heavy atom. The van der Waals surface area contributed by atoms with Crippen molar-refractivity contribution >= 4 is 27.5 Å². The molecule has 9 heteroatoms. The van der Waals surface area contributed by atoms with Crippen LogP contribution in [0.15, 0.2) is 76.2 Å². The number of nitrogens with two attached hydrogens (primary N) is 1. The van der Waals surface area contributed by atoms with Crippen molar-refractivity contribution in [3.05, 3.63) is 83.8 Å². The first kappa shape index (κ1) is 21.3. The molecule has 2 aromatic carbocycles. The third-order valence-corrected chi connectivity index (χ3v) is 5.46. The summed E-state index contributed by atoms with van der Waals surface area (Å²) >= 11 is 0. The zero-order valence-corrected chi connectivity index (χ0v) is 17.0. The molecule has 0 aliphatic rings. The van der Waals surface area contributed by atoms with E-state index in [1.54, 1.807) is 25.1 Å². The maximum atomic E-state index is 12.9. The molecule has 0 fully saturated rings. The van der Waals surface area contributed by atoms with E-state index in [2.05, 4.69) is 10.6 Å². The monoisotopic (exact) mass is 427 g/mol. The molecule has 0 saturated carbocycles. The first-order valence-electron chi connectivity index (χ1n) is 9.06. The molecule has 4 N–H and O–H groups in total. The van der Waals surface area contributed by atoms with E-state index >= 15 is 0 Å². The molecule has 2 amide bonds. The van der Waals surface area contributed by atoms with Gasteiger partial charge in [0.25, 0.3) is 5.91 Å². The summed E-state index contributed by atoms with van der Waals surface area (Å²) in [5.41, 5.74) is 1.55. The maximum Gasteiger partial charge on any atom is 0.287 e. The molecule has 1 aromatic heterocycles. The minimum atomic E-state index is -3.94. The van der Waals surface area contributed by atoms with E-state index in [4.69, 9.17) is 9.56 Å². The van der Waals surface area contributed by atoms with Gasteiger partial charge in [-0.25, -0.2) is 13.6 Å². The average molecular weight is 427 g/mol. The van der Waals surface area contributed by atoms with Crippen LogP contribution in [0.4, 0.5) is 5.69 Å². The van der Waals surface area contributed by atoms with Crippen molar-refractivity contribution in [1.82, 2.24) is 5.32 Å². The van der Waals surface area contributed by atoms with Gasteiger partial charge in [-0.1, -0.05) is 36.4 Å². The molecule has 1 atom stereocenters. The van der Waals surface area contributed by atoms with Gasteiger partial charge < -0.3 is 15.1 Å². The molecule has 0 aliphatic heterocycles. The maximum absolute atomic E-state index is 12.9. The van der Waals surface area contributed by atoms with Crippen LogP contribution in [-0.2, 0) is 21.2 Å². The summed E-state index contributed by atoms with van der Waals surface area (Å²) in [6.45, 7) is 1.60. The summed E-state index contributed by atoms with van der Waals surface area (Å²) in [5, 5.41) is 10.5. The van der Waals surface area contributed by atoms with Crippen molar-refractivity contribution in [3.8, 4) is 0 Å². The lowest BCUT2D eigenvalue weighted by Gasteiger charge is -2.18. The molecular formula is C21H21N3O5S. The van der Waals surface area contributed by atoms with Crippen molar-refractivity contribution < 1.29 is 22.4 Å². The molecule has 3 rings (SSSR count).